The van der Waals surface area contributed by atoms with Gasteiger partial charge in [-0.25, -0.2) is 9.18 Å². The fourth-order valence-corrected chi connectivity index (χ4v) is 2.45. The van der Waals surface area contributed by atoms with E-state index in [2.05, 4.69) is 4.90 Å². The molecule has 5 heteroatoms. The van der Waals surface area contributed by atoms with Gasteiger partial charge in [-0.05, 0) is 40.2 Å². The van der Waals surface area contributed by atoms with Crippen molar-refractivity contribution in [3.8, 4) is 0 Å². The summed E-state index contributed by atoms with van der Waals surface area (Å²) in [5, 5.41) is 0. The predicted octanol–water partition coefficient (Wildman–Crippen LogP) is 2.04. The highest BCUT2D eigenvalue weighted by atomic mass is 19.1. The van der Waals surface area contributed by atoms with Crippen LogP contribution in [0, 0.1) is 0 Å². The maximum atomic E-state index is 13.3. The lowest BCUT2D eigenvalue weighted by Crippen LogP contribution is -2.63. The molecule has 2 rings (SSSR count). The van der Waals surface area contributed by atoms with Gasteiger partial charge in [0.1, 0.15) is 11.8 Å². The van der Waals surface area contributed by atoms with Crippen LogP contribution in [0.3, 0.4) is 0 Å². The molecule has 2 saturated heterocycles. The van der Waals surface area contributed by atoms with Crippen LogP contribution in [0.4, 0.5) is 9.18 Å². The van der Waals surface area contributed by atoms with E-state index >= 15 is 0 Å². The molecule has 0 radical (unpaired) electrons. The number of piperidine rings is 1. The molecule has 1 amide bonds. The molecule has 0 N–H and O–H groups in total. The monoisotopic (exact) mass is 258 g/mol. The van der Waals surface area contributed by atoms with E-state index in [1.165, 1.54) is 0 Å². The summed E-state index contributed by atoms with van der Waals surface area (Å²) >= 11 is 0. The van der Waals surface area contributed by atoms with Crippen molar-refractivity contribution in [3.63, 3.8) is 0 Å². The average Bonchev–Trinajstić information content (AvgIpc) is 2.11. The van der Waals surface area contributed by atoms with Gasteiger partial charge in [0.15, 0.2) is 0 Å². The molecule has 2 fully saturated rings. The summed E-state index contributed by atoms with van der Waals surface area (Å²) in [5.74, 6) is 0. The van der Waals surface area contributed by atoms with E-state index in [0.717, 1.165) is 13.0 Å². The summed E-state index contributed by atoms with van der Waals surface area (Å²) in [6.07, 6.45) is 0.644. The first-order valence-corrected chi connectivity index (χ1v) is 6.71. The van der Waals surface area contributed by atoms with Crippen molar-refractivity contribution < 1.29 is 13.9 Å². The van der Waals surface area contributed by atoms with Crippen molar-refractivity contribution in [2.24, 2.45) is 0 Å². The van der Waals surface area contributed by atoms with Crippen molar-refractivity contribution in [2.75, 3.05) is 26.2 Å². The minimum Gasteiger partial charge on any atom is -0.444 e. The highest BCUT2D eigenvalue weighted by Gasteiger charge is 2.38. The van der Waals surface area contributed by atoms with Crippen LogP contribution in [0.5, 0.6) is 0 Å². The van der Waals surface area contributed by atoms with Gasteiger partial charge in [-0.2, -0.15) is 0 Å². The molecule has 0 unspecified atom stereocenters. The molecule has 2 heterocycles. The Kier molecular flexibility index (Phi) is 3.80. The van der Waals surface area contributed by atoms with Crippen molar-refractivity contribution in [1.82, 2.24) is 9.80 Å². The van der Waals surface area contributed by atoms with E-state index in [9.17, 15) is 9.18 Å². The Morgan fingerprint density at radius 3 is 2.50 bits per heavy atom. The molecule has 4 nitrogen and oxygen atoms in total. The van der Waals surface area contributed by atoms with Gasteiger partial charge in [-0.15, -0.1) is 0 Å². The summed E-state index contributed by atoms with van der Waals surface area (Å²) in [6, 6.07) is 0.316. The normalized spacial score (nSPS) is 26.9. The molecule has 2 aliphatic rings. The number of likely N-dealkylation sites (tertiary alicyclic amines) is 2. The molecule has 18 heavy (non-hydrogen) atoms. The highest BCUT2D eigenvalue weighted by Crippen LogP contribution is 2.23. The number of rotatable bonds is 1. The topological polar surface area (TPSA) is 32.8 Å². The fraction of sp³-hybridized carbons (Fsp3) is 0.923. The molecular weight excluding hydrogens is 235 g/mol. The van der Waals surface area contributed by atoms with Crippen LogP contribution >= 0.6 is 0 Å². The maximum Gasteiger partial charge on any atom is 0.410 e. The van der Waals surface area contributed by atoms with Crippen molar-refractivity contribution in [2.45, 2.75) is 51.4 Å². The lowest BCUT2D eigenvalue weighted by Gasteiger charge is -2.46. The Labute approximate surface area is 108 Å². The quantitative estimate of drug-likeness (QED) is 0.721. The third kappa shape index (κ3) is 3.34. The molecule has 2 aliphatic heterocycles. The van der Waals surface area contributed by atoms with Gasteiger partial charge in [0.2, 0.25) is 0 Å². The van der Waals surface area contributed by atoms with Crippen LogP contribution in [0.15, 0.2) is 0 Å². The second kappa shape index (κ2) is 5.03. The van der Waals surface area contributed by atoms with E-state index < -0.39 is 11.8 Å². The number of alkyl halides is 1. The zero-order chi connectivity index (χ0) is 13.3. The minimum atomic E-state index is -0.700. The SMILES string of the molecule is CC(C)(C)OC(=O)N1CC(N2CCC[C@H](F)C2)C1. The predicted molar refractivity (Wildman–Crippen MR) is 67.3 cm³/mol. The van der Waals surface area contributed by atoms with Crippen LogP contribution < -0.4 is 0 Å². The molecule has 0 aromatic carbocycles. The summed E-state index contributed by atoms with van der Waals surface area (Å²) in [6.45, 7) is 8.39. The lowest BCUT2D eigenvalue weighted by molar-refractivity contribution is -0.0253. The lowest BCUT2D eigenvalue weighted by atomic mass is 10.0. The molecule has 0 spiro atoms. The molecule has 0 aromatic heterocycles. The first kappa shape index (κ1) is 13.6. The molecule has 0 aliphatic carbocycles. The number of nitrogens with zero attached hydrogens (tertiary/aromatic N) is 2. The van der Waals surface area contributed by atoms with E-state index in [-0.39, 0.29) is 6.09 Å². The number of halogens is 1. The number of amides is 1. The summed E-state index contributed by atoms with van der Waals surface area (Å²) in [5.41, 5.74) is -0.447. The molecule has 0 bridgehead atoms. The van der Waals surface area contributed by atoms with Crippen LogP contribution in [-0.4, -0.2) is 59.9 Å². The first-order chi connectivity index (χ1) is 8.35. The average molecular weight is 258 g/mol. The third-order valence-electron chi connectivity index (χ3n) is 3.43. The summed E-state index contributed by atoms with van der Waals surface area (Å²) in [7, 11) is 0. The van der Waals surface area contributed by atoms with Gasteiger partial charge in [-0.1, -0.05) is 0 Å². The Balaban J connectivity index is 1.75. The van der Waals surface area contributed by atoms with Gasteiger partial charge in [-0.3, -0.25) is 4.90 Å². The molecule has 0 saturated carbocycles. The number of hydrogen-bond donors (Lipinski definition) is 0. The van der Waals surface area contributed by atoms with Gasteiger partial charge in [0.25, 0.3) is 0 Å². The van der Waals surface area contributed by atoms with Crippen molar-refractivity contribution in [3.05, 3.63) is 0 Å². The number of carbonyl (C=O) groups excluding carboxylic acids is 1. The Bertz CT molecular complexity index is 311. The fourth-order valence-electron chi connectivity index (χ4n) is 2.45. The zero-order valence-corrected chi connectivity index (χ0v) is 11.5. The Hall–Kier alpha value is -0.840. The number of hydrogen-bond acceptors (Lipinski definition) is 3. The second-order valence-corrected chi connectivity index (χ2v) is 6.27. The molecule has 0 aromatic rings. The van der Waals surface area contributed by atoms with Crippen LogP contribution in [0.25, 0.3) is 0 Å². The second-order valence-electron chi connectivity index (χ2n) is 6.27. The Morgan fingerprint density at radius 2 is 1.94 bits per heavy atom. The highest BCUT2D eigenvalue weighted by molar-refractivity contribution is 5.69. The third-order valence-corrected chi connectivity index (χ3v) is 3.43. The van der Waals surface area contributed by atoms with Crippen LogP contribution in [0.1, 0.15) is 33.6 Å². The first-order valence-electron chi connectivity index (χ1n) is 6.71. The van der Waals surface area contributed by atoms with Crippen molar-refractivity contribution >= 4 is 6.09 Å². The van der Waals surface area contributed by atoms with E-state index in [1.807, 2.05) is 20.8 Å². The van der Waals surface area contributed by atoms with E-state index in [1.54, 1.807) is 4.90 Å². The zero-order valence-electron chi connectivity index (χ0n) is 11.5. The van der Waals surface area contributed by atoms with E-state index in [4.69, 9.17) is 4.74 Å². The van der Waals surface area contributed by atoms with Gasteiger partial charge >= 0.3 is 6.09 Å². The molecule has 1 atom stereocenters. The Morgan fingerprint density at radius 1 is 1.28 bits per heavy atom. The van der Waals surface area contributed by atoms with Crippen LogP contribution in [0.2, 0.25) is 0 Å². The number of ether oxygens (including phenoxy) is 1. The van der Waals surface area contributed by atoms with Gasteiger partial charge in [0, 0.05) is 25.7 Å². The number of carbonyl (C=O) groups is 1. The summed E-state index contributed by atoms with van der Waals surface area (Å²) in [4.78, 5) is 15.6. The molecule has 104 valence electrons. The maximum absolute atomic E-state index is 13.3. The molecular formula is C13H23FN2O2. The van der Waals surface area contributed by atoms with Gasteiger partial charge < -0.3 is 9.64 Å². The van der Waals surface area contributed by atoms with Crippen LogP contribution in [-0.2, 0) is 4.74 Å². The van der Waals surface area contributed by atoms with Gasteiger partial charge in [0.05, 0.1) is 0 Å². The van der Waals surface area contributed by atoms with E-state index in [0.29, 0.717) is 32.1 Å². The standard InChI is InChI=1S/C13H23FN2O2/c1-13(2,3)18-12(17)16-8-11(9-16)15-6-4-5-10(14)7-15/h10-11H,4-9H2,1-3H3/t10-/m0/s1. The minimum absolute atomic E-state index is 0.257. The smallest absolute Gasteiger partial charge is 0.410 e. The van der Waals surface area contributed by atoms with Crippen molar-refractivity contribution in [1.29, 1.82) is 0 Å². The largest absolute Gasteiger partial charge is 0.444 e. The summed E-state index contributed by atoms with van der Waals surface area (Å²) < 4.78 is 18.6.